The van der Waals surface area contributed by atoms with Crippen molar-refractivity contribution in [3.63, 3.8) is 0 Å². The van der Waals surface area contributed by atoms with Gasteiger partial charge in [-0.15, -0.1) is 0 Å². The zero-order valence-electron chi connectivity index (χ0n) is 15.0. The van der Waals surface area contributed by atoms with Crippen molar-refractivity contribution < 1.29 is 14.5 Å². The molecule has 0 atom stereocenters. The first-order valence-corrected chi connectivity index (χ1v) is 8.59. The normalized spacial score (nSPS) is 11.1. The average molecular weight is 377 g/mol. The number of rotatable bonds is 8. The van der Waals surface area contributed by atoms with Crippen LogP contribution in [-0.2, 0) is 18.1 Å². The molecular weight excluding hydrogens is 358 g/mol. The number of hydrogen-bond acceptors (Lipinski definition) is 5. The Morgan fingerprint density at radius 3 is 2.39 bits per heavy atom. The summed E-state index contributed by atoms with van der Waals surface area (Å²) in [7, 11) is 0. The lowest BCUT2D eigenvalue weighted by Gasteiger charge is -2.11. The molecule has 28 heavy (non-hydrogen) atoms. The van der Waals surface area contributed by atoms with E-state index in [0.29, 0.717) is 23.5 Å². The van der Waals surface area contributed by atoms with Crippen LogP contribution in [0.25, 0.3) is 0 Å². The molecule has 0 radical (unpaired) electrons. The molecule has 0 aromatic heterocycles. The molecule has 7 nitrogen and oxygen atoms in total. The Labute approximate surface area is 162 Å². The fraction of sp³-hybridized carbons (Fsp3) is 0.0952. The van der Waals surface area contributed by atoms with Crippen LogP contribution in [0.5, 0.6) is 5.75 Å². The lowest BCUT2D eigenvalue weighted by Crippen LogP contribution is -2.15. The summed E-state index contributed by atoms with van der Waals surface area (Å²) in [6, 6.07) is 23.3. The van der Waals surface area contributed by atoms with Crippen LogP contribution in [0.4, 0.5) is 5.69 Å². The summed E-state index contributed by atoms with van der Waals surface area (Å²) in [4.78, 5) is 15.8. The zero-order chi connectivity index (χ0) is 19.8. The third-order valence-electron chi connectivity index (χ3n) is 3.97. The predicted molar refractivity (Wildman–Crippen MR) is 106 cm³/mol. The van der Waals surface area contributed by atoms with Gasteiger partial charge in [-0.25, -0.2) is 0 Å². The molecule has 0 saturated heterocycles. The van der Waals surface area contributed by atoms with Crippen molar-refractivity contribution >= 4 is 11.5 Å². The Kier molecular flexibility index (Phi) is 6.20. The molecule has 0 amide bonds. The zero-order valence-corrected chi connectivity index (χ0v) is 15.0. The summed E-state index contributed by atoms with van der Waals surface area (Å²) in [5.74, 6) is 0.698. The third kappa shape index (κ3) is 4.85. The van der Waals surface area contributed by atoms with Gasteiger partial charge in [-0.3, -0.25) is 10.1 Å². The van der Waals surface area contributed by atoms with Gasteiger partial charge < -0.3 is 15.3 Å². The number of nitro groups is 1. The van der Waals surface area contributed by atoms with E-state index >= 15 is 0 Å². The van der Waals surface area contributed by atoms with Crippen molar-refractivity contribution in [1.82, 2.24) is 0 Å². The molecule has 0 unspecified atom stereocenters. The van der Waals surface area contributed by atoms with Crippen LogP contribution in [0.15, 0.2) is 84.0 Å². The molecule has 3 rings (SSSR count). The fourth-order valence-electron chi connectivity index (χ4n) is 2.57. The molecular formula is C21H19N3O4. The molecule has 0 saturated carbocycles. The Balaban J connectivity index is 1.69. The van der Waals surface area contributed by atoms with Crippen LogP contribution in [0.2, 0.25) is 0 Å². The minimum absolute atomic E-state index is 0.0251. The Bertz CT molecular complexity index is 974. The molecule has 0 fully saturated rings. The first kappa shape index (κ1) is 18.9. The average Bonchev–Trinajstić information content (AvgIpc) is 2.73. The van der Waals surface area contributed by atoms with Gasteiger partial charge in [0.2, 0.25) is 0 Å². The molecule has 0 heterocycles. The molecule has 7 heteroatoms. The number of nitrogens with zero attached hydrogens (tertiary/aromatic N) is 2. The SMILES string of the molecule is N/C(=N/OCc1ccccc1[N+](=O)[O-])c1ccccc1OCc1ccccc1. The van der Waals surface area contributed by atoms with E-state index in [4.69, 9.17) is 15.3 Å². The van der Waals surface area contributed by atoms with E-state index in [1.807, 2.05) is 42.5 Å². The number of nitro benzene ring substituents is 1. The van der Waals surface area contributed by atoms with Crippen molar-refractivity contribution in [2.24, 2.45) is 10.9 Å². The van der Waals surface area contributed by atoms with E-state index in [0.717, 1.165) is 5.56 Å². The van der Waals surface area contributed by atoms with Crippen molar-refractivity contribution in [1.29, 1.82) is 0 Å². The molecule has 3 aromatic rings. The number of ether oxygens (including phenoxy) is 1. The van der Waals surface area contributed by atoms with E-state index in [-0.39, 0.29) is 18.1 Å². The highest BCUT2D eigenvalue weighted by Crippen LogP contribution is 2.21. The monoisotopic (exact) mass is 377 g/mol. The highest BCUT2D eigenvalue weighted by molar-refractivity contribution is 5.99. The Morgan fingerprint density at radius 1 is 0.929 bits per heavy atom. The number of oxime groups is 1. The van der Waals surface area contributed by atoms with Crippen LogP contribution >= 0.6 is 0 Å². The van der Waals surface area contributed by atoms with Gasteiger partial charge in [0.15, 0.2) is 5.84 Å². The van der Waals surface area contributed by atoms with Crippen LogP contribution in [0.3, 0.4) is 0 Å². The molecule has 0 aliphatic heterocycles. The quantitative estimate of drug-likeness (QED) is 0.277. The van der Waals surface area contributed by atoms with Gasteiger partial charge in [0, 0.05) is 6.07 Å². The summed E-state index contributed by atoms with van der Waals surface area (Å²) in [6.45, 7) is 0.326. The molecule has 0 aliphatic carbocycles. The minimum Gasteiger partial charge on any atom is -0.488 e. The maximum atomic E-state index is 11.0. The lowest BCUT2D eigenvalue weighted by atomic mass is 10.2. The van der Waals surface area contributed by atoms with Gasteiger partial charge in [-0.05, 0) is 23.8 Å². The smallest absolute Gasteiger partial charge is 0.276 e. The summed E-state index contributed by atoms with van der Waals surface area (Å²) in [6.07, 6.45) is 0. The number of nitrogens with two attached hydrogens (primary N) is 1. The van der Waals surface area contributed by atoms with E-state index in [1.165, 1.54) is 6.07 Å². The molecule has 0 aliphatic rings. The summed E-state index contributed by atoms with van der Waals surface area (Å²) < 4.78 is 5.85. The first-order valence-electron chi connectivity index (χ1n) is 8.59. The summed E-state index contributed by atoms with van der Waals surface area (Å²) in [5, 5.41) is 14.9. The van der Waals surface area contributed by atoms with Gasteiger partial charge in [-0.1, -0.05) is 59.8 Å². The predicted octanol–water partition coefficient (Wildman–Crippen LogP) is 4.01. The van der Waals surface area contributed by atoms with E-state index in [1.54, 1.807) is 30.3 Å². The van der Waals surface area contributed by atoms with E-state index in [2.05, 4.69) is 5.16 Å². The van der Waals surface area contributed by atoms with Crippen LogP contribution in [0, 0.1) is 10.1 Å². The minimum atomic E-state index is -0.460. The van der Waals surface area contributed by atoms with Crippen LogP contribution in [-0.4, -0.2) is 10.8 Å². The van der Waals surface area contributed by atoms with E-state index in [9.17, 15) is 10.1 Å². The highest BCUT2D eigenvalue weighted by atomic mass is 16.6. The standard InChI is InChI=1S/C21H19N3O4/c22-21(23-28-15-17-10-4-6-12-19(17)24(25)26)18-11-5-7-13-20(18)27-14-16-8-2-1-3-9-16/h1-13H,14-15H2,(H2,22,23). The number of benzene rings is 3. The molecule has 0 spiro atoms. The molecule has 3 aromatic carbocycles. The number of para-hydroxylation sites is 2. The highest BCUT2D eigenvalue weighted by Gasteiger charge is 2.13. The van der Waals surface area contributed by atoms with E-state index < -0.39 is 4.92 Å². The largest absolute Gasteiger partial charge is 0.488 e. The number of amidine groups is 1. The van der Waals surface area contributed by atoms with Crippen LogP contribution in [0.1, 0.15) is 16.7 Å². The lowest BCUT2D eigenvalue weighted by molar-refractivity contribution is -0.386. The topological polar surface area (TPSA) is 100.0 Å². The van der Waals surface area contributed by atoms with Crippen LogP contribution < -0.4 is 10.5 Å². The Hall–Kier alpha value is -3.87. The van der Waals surface area contributed by atoms with Gasteiger partial charge in [0.1, 0.15) is 19.0 Å². The first-order chi connectivity index (χ1) is 13.6. The molecule has 2 N–H and O–H groups in total. The van der Waals surface area contributed by atoms with Crippen molar-refractivity contribution in [3.8, 4) is 5.75 Å². The van der Waals surface area contributed by atoms with Crippen molar-refractivity contribution in [2.75, 3.05) is 0 Å². The fourth-order valence-corrected chi connectivity index (χ4v) is 2.57. The maximum absolute atomic E-state index is 11.0. The molecule has 142 valence electrons. The van der Waals surface area contributed by atoms with Crippen molar-refractivity contribution in [3.05, 3.63) is 106 Å². The number of hydrogen-bond donors (Lipinski definition) is 1. The summed E-state index contributed by atoms with van der Waals surface area (Å²) in [5.41, 5.74) is 8.04. The third-order valence-corrected chi connectivity index (χ3v) is 3.97. The summed E-state index contributed by atoms with van der Waals surface area (Å²) >= 11 is 0. The van der Waals surface area contributed by atoms with Gasteiger partial charge in [0.05, 0.1) is 16.1 Å². The Morgan fingerprint density at radius 2 is 1.61 bits per heavy atom. The van der Waals surface area contributed by atoms with Gasteiger partial charge in [0.25, 0.3) is 5.69 Å². The second-order valence-corrected chi connectivity index (χ2v) is 5.91. The van der Waals surface area contributed by atoms with Crippen molar-refractivity contribution in [2.45, 2.75) is 13.2 Å². The van der Waals surface area contributed by atoms with Gasteiger partial charge >= 0.3 is 0 Å². The maximum Gasteiger partial charge on any atom is 0.276 e. The second-order valence-electron chi connectivity index (χ2n) is 5.91. The molecule has 0 bridgehead atoms. The second kappa shape index (κ2) is 9.18. The van der Waals surface area contributed by atoms with Gasteiger partial charge in [-0.2, -0.15) is 0 Å².